The number of primary amides is 1. The van der Waals surface area contributed by atoms with Crippen LogP contribution in [0.5, 0.6) is 0 Å². The fraction of sp³-hybridized carbons (Fsp3) is 0.128. The van der Waals surface area contributed by atoms with E-state index < -0.39 is 11.9 Å². The molecule has 8 aromatic rings. The Bertz CT molecular complexity index is 3110. The van der Waals surface area contributed by atoms with E-state index in [1.807, 2.05) is 74.5 Å². The molecule has 8 N–H and O–H groups in total. The van der Waals surface area contributed by atoms with Crippen molar-refractivity contribution in [2.24, 2.45) is 15.7 Å². The van der Waals surface area contributed by atoms with Gasteiger partial charge in [0.1, 0.15) is 22.4 Å². The van der Waals surface area contributed by atoms with Gasteiger partial charge >= 0.3 is 5.97 Å². The van der Waals surface area contributed by atoms with Gasteiger partial charge < -0.3 is 31.9 Å². The van der Waals surface area contributed by atoms with Crippen LogP contribution in [-0.2, 0) is 17.6 Å². The second-order valence-electron chi connectivity index (χ2n) is 13.2. The van der Waals surface area contributed by atoms with Crippen LogP contribution in [0.4, 0.5) is 23.3 Å². The zero-order valence-electron chi connectivity index (χ0n) is 33.0. The molecule has 0 radical (unpaired) electrons. The number of amides is 1. The Kier molecular flexibility index (Phi) is 13.1. The van der Waals surface area contributed by atoms with Crippen LogP contribution in [0.25, 0.3) is 45.1 Å². The number of nitrogen functional groups attached to an aromatic ring is 2. The summed E-state index contributed by atoms with van der Waals surface area (Å²) in [5.74, 6) is 0.163. The van der Waals surface area contributed by atoms with Crippen LogP contribution in [0.15, 0.2) is 70.6 Å². The maximum absolute atomic E-state index is 11.9. The van der Waals surface area contributed by atoms with E-state index in [0.29, 0.717) is 56.9 Å². The van der Waals surface area contributed by atoms with Gasteiger partial charge in [-0.3, -0.25) is 14.8 Å². The van der Waals surface area contributed by atoms with E-state index in [1.54, 1.807) is 0 Å². The number of H-pyrrole nitrogens is 2. The molecule has 0 unspecified atom stereocenters. The number of carbonyl (C=O) groups excluding carboxylic acids is 2. The number of imidazole rings is 2. The molecule has 20 nitrogen and oxygen atoms in total. The van der Waals surface area contributed by atoms with Gasteiger partial charge in [0.25, 0.3) is 5.91 Å². The topological polar surface area (TPSA) is 307 Å². The van der Waals surface area contributed by atoms with Gasteiger partial charge in [-0.05, 0) is 37.0 Å². The van der Waals surface area contributed by atoms with Crippen molar-refractivity contribution in [1.29, 1.82) is 0 Å². The average molecular weight is 928 g/mol. The Hall–Kier alpha value is -7.26. The van der Waals surface area contributed by atoms with Crippen molar-refractivity contribution in [3.63, 3.8) is 0 Å². The number of carbonyl (C=O) groups is 2. The van der Waals surface area contributed by atoms with E-state index >= 15 is 0 Å². The number of aromatic nitrogens is 12. The van der Waals surface area contributed by atoms with Crippen molar-refractivity contribution in [2.75, 3.05) is 18.6 Å². The number of aliphatic imine (C=N–C) groups is 2. The zero-order chi connectivity index (χ0) is 44.9. The van der Waals surface area contributed by atoms with Gasteiger partial charge in [0.15, 0.2) is 56.5 Å². The molecular formula is C39H31Cl4N17O3. The SMILES string of the molecule is CC1=Nc2c(Cl)nc(Cl)nc2C1.COC(=O)c1nc(-c2ccccc2)nc2c1N=C(C)C2.NC(=O)c1nc(-c2ccccc2)nc2nc(N)[nH]c12.Nc1nc2nc(Cl)nc(Cl)c2[nH]1. The number of nitrogens with one attached hydrogen (secondary N) is 2. The van der Waals surface area contributed by atoms with Crippen LogP contribution in [0, 0.1) is 0 Å². The molecule has 63 heavy (non-hydrogen) atoms. The van der Waals surface area contributed by atoms with E-state index in [2.05, 4.69) is 69.8 Å². The highest BCUT2D eigenvalue weighted by Crippen LogP contribution is 2.33. The second kappa shape index (κ2) is 18.8. The summed E-state index contributed by atoms with van der Waals surface area (Å²) in [7, 11) is 1.34. The molecule has 6 aromatic heterocycles. The molecule has 2 aromatic carbocycles. The molecule has 2 aliphatic heterocycles. The van der Waals surface area contributed by atoms with Crippen LogP contribution >= 0.6 is 46.4 Å². The molecule has 24 heteroatoms. The van der Waals surface area contributed by atoms with Gasteiger partial charge in [0.2, 0.25) is 10.6 Å². The number of aromatic amines is 2. The first-order chi connectivity index (χ1) is 30.2. The summed E-state index contributed by atoms with van der Waals surface area (Å²) >= 11 is 22.7. The number of anilines is 2. The number of esters is 1. The molecule has 8 heterocycles. The van der Waals surface area contributed by atoms with Crippen LogP contribution in [0.2, 0.25) is 20.9 Å². The summed E-state index contributed by atoms with van der Waals surface area (Å²) in [5, 5.41) is 0.790. The summed E-state index contributed by atoms with van der Waals surface area (Å²) in [5.41, 5.74) is 24.4. The molecule has 0 saturated carbocycles. The molecule has 0 fully saturated rings. The third kappa shape index (κ3) is 10.1. The molecule has 0 aliphatic carbocycles. The van der Waals surface area contributed by atoms with Crippen molar-refractivity contribution in [3.8, 4) is 22.8 Å². The average Bonchev–Trinajstić information content (AvgIpc) is 4.04. The number of benzene rings is 2. The predicted molar refractivity (Wildman–Crippen MR) is 240 cm³/mol. The van der Waals surface area contributed by atoms with Gasteiger partial charge in [0, 0.05) is 35.4 Å². The Morgan fingerprint density at radius 2 is 1.08 bits per heavy atom. The quantitative estimate of drug-likeness (QED) is 0.0677. The second-order valence-corrected chi connectivity index (χ2v) is 14.6. The summed E-state index contributed by atoms with van der Waals surface area (Å²) < 4.78 is 4.79. The van der Waals surface area contributed by atoms with E-state index in [0.717, 1.165) is 40.4 Å². The third-order valence-electron chi connectivity index (χ3n) is 8.64. The van der Waals surface area contributed by atoms with Gasteiger partial charge in [-0.1, -0.05) is 83.9 Å². The first-order valence-corrected chi connectivity index (χ1v) is 19.8. The van der Waals surface area contributed by atoms with E-state index in [9.17, 15) is 9.59 Å². The number of rotatable bonds is 4. The van der Waals surface area contributed by atoms with Crippen molar-refractivity contribution in [1.82, 2.24) is 59.8 Å². The molecule has 318 valence electrons. The maximum atomic E-state index is 11.9. The summed E-state index contributed by atoms with van der Waals surface area (Å²) in [6.07, 6.45) is 1.36. The molecule has 0 atom stereocenters. The summed E-state index contributed by atoms with van der Waals surface area (Å²) in [6, 6.07) is 18.8. The molecule has 2 aliphatic rings. The number of nitrogens with zero attached hydrogens (tertiary/aromatic N) is 12. The fourth-order valence-electron chi connectivity index (χ4n) is 5.98. The molecular weight excluding hydrogens is 896 g/mol. The third-order valence-corrected chi connectivity index (χ3v) is 9.51. The first kappa shape index (κ1) is 43.8. The van der Waals surface area contributed by atoms with Crippen LogP contribution in [0.3, 0.4) is 0 Å². The Balaban J connectivity index is 0.000000129. The highest BCUT2D eigenvalue weighted by Gasteiger charge is 2.25. The van der Waals surface area contributed by atoms with Crippen LogP contribution in [0.1, 0.15) is 46.2 Å². The first-order valence-electron chi connectivity index (χ1n) is 18.2. The minimum Gasteiger partial charge on any atom is -0.464 e. The number of methoxy groups -OCH3 is 1. The largest absolute Gasteiger partial charge is 0.464 e. The summed E-state index contributed by atoms with van der Waals surface area (Å²) in [4.78, 5) is 77.8. The van der Waals surface area contributed by atoms with E-state index in [-0.39, 0.29) is 39.0 Å². The lowest BCUT2D eigenvalue weighted by molar-refractivity contribution is 0.0594. The molecule has 0 spiro atoms. The lowest BCUT2D eigenvalue weighted by Gasteiger charge is -2.07. The zero-order valence-corrected chi connectivity index (χ0v) is 36.0. The standard InChI is InChI=1S/C15H13N3O2.C12H10N6O.C7H5Cl2N3.C5H3Cl2N5/c1-9-8-11-12(16-9)13(15(19)20-2)18-14(17-11)10-6-4-3-5-7-10;13-9(19)7-8-11(18-12(14)16-8)17-10(15-7)6-4-2-1-3-5-6;1-3-2-4-5(10-3)6(8)12-7(9)11-4;6-2-1-3(11-4(7)10-2)12-5(8)9-1/h3-7H,8H2,1-2H3;1-5H,(H2,13,19)(H3,14,15,16,17,18);2H2,1H3;(H3,8,9,10,11,12). The number of hydrogen-bond donors (Lipinski definition) is 5. The fourth-order valence-corrected chi connectivity index (χ4v) is 6.87. The normalized spacial score (nSPS) is 12.1. The lowest BCUT2D eigenvalue weighted by Crippen LogP contribution is -2.15. The van der Waals surface area contributed by atoms with Crippen LogP contribution < -0.4 is 17.2 Å². The summed E-state index contributed by atoms with van der Waals surface area (Å²) in [6.45, 7) is 3.83. The van der Waals surface area contributed by atoms with Gasteiger partial charge in [0.05, 0.1) is 18.5 Å². The van der Waals surface area contributed by atoms with E-state index in [1.165, 1.54) is 7.11 Å². The molecule has 0 bridgehead atoms. The Morgan fingerprint density at radius 1 is 0.587 bits per heavy atom. The minimum absolute atomic E-state index is 0.0546. The number of nitrogens with two attached hydrogens (primary N) is 3. The molecule has 1 amide bonds. The Labute approximate surface area is 375 Å². The molecule has 0 saturated heterocycles. The monoisotopic (exact) mass is 925 g/mol. The van der Waals surface area contributed by atoms with Crippen molar-refractivity contribution < 1.29 is 14.3 Å². The van der Waals surface area contributed by atoms with E-state index in [4.69, 9.17) is 68.3 Å². The van der Waals surface area contributed by atoms with Gasteiger partial charge in [-0.2, -0.15) is 15.0 Å². The van der Waals surface area contributed by atoms with Crippen LogP contribution in [-0.4, -0.2) is 90.2 Å². The lowest BCUT2D eigenvalue weighted by atomic mass is 10.1. The smallest absolute Gasteiger partial charge is 0.359 e. The number of ether oxygens (including phenoxy) is 1. The van der Waals surface area contributed by atoms with Gasteiger partial charge in [-0.15, -0.1) is 0 Å². The number of halogens is 4. The minimum atomic E-state index is -0.659. The van der Waals surface area contributed by atoms with Crippen molar-refractivity contribution in [3.05, 3.63) is 104 Å². The van der Waals surface area contributed by atoms with Crippen molar-refractivity contribution >= 4 is 115 Å². The Morgan fingerprint density at radius 3 is 1.67 bits per heavy atom. The highest BCUT2D eigenvalue weighted by molar-refractivity contribution is 6.35. The maximum Gasteiger partial charge on any atom is 0.359 e. The number of fused-ring (bicyclic) bond motifs is 4. The molecule has 10 rings (SSSR count). The highest BCUT2D eigenvalue weighted by atomic mass is 35.5. The number of hydrogen-bond acceptors (Lipinski definition) is 17. The predicted octanol–water partition coefficient (Wildman–Crippen LogP) is 6.95. The van der Waals surface area contributed by atoms with Crippen molar-refractivity contribution in [2.45, 2.75) is 26.7 Å². The van der Waals surface area contributed by atoms with Gasteiger partial charge in [-0.25, -0.2) is 39.7 Å².